The van der Waals surface area contributed by atoms with Crippen molar-refractivity contribution in [2.45, 2.75) is 20.0 Å². The Morgan fingerprint density at radius 3 is 2.78 bits per heavy atom. The number of ether oxygens (including phenoxy) is 1. The Bertz CT molecular complexity index is 406. The molecule has 0 aromatic carbocycles. The zero-order valence-corrected chi connectivity index (χ0v) is 12.0. The molecule has 0 aliphatic rings. The van der Waals surface area contributed by atoms with E-state index >= 15 is 0 Å². The summed E-state index contributed by atoms with van der Waals surface area (Å²) in [5, 5.41) is 3.51. The fourth-order valence-corrected chi connectivity index (χ4v) is 2.13. The van der Waals surface area contributed by atoms with Crippen molar-refractivity contribution in [1.82, 2.24) is 9.88 Å². The highest BCUT2D eigenvalue weighted by Gasteiger charge is 2.19. The highest BCUT2D eigenvalue weighted by molar-refractivity contribution is 7.18. The molecule has 0 aliphatic carbocycles. The molecule has 0 spiro atoms. The largest absolute Gasteiger partial charge is 0.382 e. The first kappa shape index (κ1) is 14.7. The number of anilines is 2. The molecule has 102 valence electrons. The van der Waals surface area contributed by atoms with Crippen molar-refractivity contribution >= 4 is 28.2 Å². The van der Waals surface area contributed by atoms with Gasteiger partial charge in [-0.05, 0) is 13.8 Å². The van der Waals surface area contributed by atoms with Gasteiger partial charge in [0.25, 0.3) is 5.91 Å². The first-order valence-corrected chi connectivity index (χ1v) is 6.58. The van der Waals surface area contributed by atoms with Crippen LogP contribution in [0.4, 0.5) is 10.9 Å². The number of carbonyl (C=O) groups excluding carboxylic acids is 1. The normalized spacial score (nSPS) is 10.7. The van der Waals surface area contributed by atoms with Crippen molar-refractivity contribution in [2.24, 2.45) is 0 Å². The van der Waals surface area contributed by atoms with Gasteiger partial charge in [0.15, 0.2) is 5.13 Å². The van der Waals surface area contributed by atoms with Crippen LogP contribution < -0.4 is 11.1 Å². The van der Waals surface area contributed by atoms with Crippen molar-refractivity contribution in [3.8, 4) is 0 Å². The van der Waals surface area contributed by atoms with Crippen LogP contribution in [-0.2, 0) is 4.74 Å². The molecule has 0 saturated carbocycles. The summed E-state index contributed by atoms with van der Waals surface area (Å²) < 4.78 is 5.41. The number of nitrogens with one attached hydrogen (secondary N) is 1. The van der Waals surface area contributed by atoms with Gasteiger partial charge in [-0.15, -0.1) is 0 Å². The van der Waals surface area contributed by atoms with Crippen LogP contribution in [0.25, 0.3) is 0 Å². The van der Waals surface area contributed by atoms with Crippen LogP contribution in [0.1, 0.15) is 23.5 Å². The Balaban J connectivity index is 2.59. The lowest BCUT2D eigenvalue weighted by Gasteiger charge is -2.17. The number of nitrogens with two attached hydrogens (primary N) is 1. The third kappa shape index (κ3) is 3.85. The van der Waals surface area contributed by atoms with Crippen molar-refractivity contribution in [3.05, 3.63) is 4.88 Å². The molecule has 7 heteroatoms. The van der Waals surface area contributed by atoms with Gasteiger partial charge >= 0.3 is 0 Å². The fourth-order valence-electron chi connectivity index (χ4n) is 1.29. The van der Waals surface area contributed by atoms with Crippen LogP contribution in [0, 0.1) is 0 Å². The number of thiazole rings is 1. The Hall–Kier alpha value is -1.34. The summed E-state index contributed by atoms with van der Waals surface area (Å²) in [5.41, 5.74) is 5.71. The number of hydrogen-bond acceptors (Lipinski definition) is 6. The quantitative estimate of drug-likeness (QED) is 0.815. The fraction of sp³-hybridized carbons (Fsp3) is 0.636. The molecular weight excluding hydrogens is 252 g/mol. The Labute approximate surface area is 111 Å². The summed E-state index contributed by atoms with van der Waals surface area (Å²) in [6, 6.07) is 0. The number of nitrogens with zero attached hydrogens (tertiary/aromatic N) is 2. The minimum Gasteiger partial charge on any atom is -0.382 e. The van der Waals surface area contributed by atoms with Gasteiger partial charge in [0.05, 0.1) is 12.7 Å². The molecule has 0 atom stereocenters. The number of aromatic nitrogens is 1. The van der Waals surface area contributed by atoms with Gasteiger partial charge in [0.1, 0.15) is 10.7 Å². The lowest BCUT2D eigenvalue weighted by molar-refractivity contribution is 0.0535. The lowest BCUT2D eigenvalue weighted by Crippen LogP contribution is -2.30. The van der Waals surface area contributed by atoms with E-state index < -0.39 is 0 Å². The molecule has 0 aliphatic heterocycles. The van der Waals surface area contributed by atoms with Gasteiger partial charge < -0.3 is 20.7 Å². The van der Waals surface area contributed by atoms with E-state index in [4.69, 9.17) is 10.5 Å². The Kier molecular flexibility index (Phi) is 5.36. The molecule has 1 aromatic heterocycles. The van der Waals surface area contributed by atoms with Crippen molar-refractivity contribution < 1.29 is 9.53 Å². The van der Waals surface area contributed by atoms with Crippen LogP contribution in [-0.4, -0.2) is 49.1 Å². The number of carbonyl (C=O) groups is 1. The summed E-state index contributed by atoms with van der Waals surface area (Å²) in [7, 11) is 3.47. The van der Waals surface area contributed by atoms with Crippen LogP contribution in [0.2, 0.25) is 0 Å². The van der Waals surface area contributed by atoms with Gasteiger partial charge in [-0.1, -0.05) is 11.3 Å². The first-order valence-electron chi connectivity index (χ1n) is 5.76. The van der Waals surface area contributed by atoms with E-state index in [2.05, 4.69) is 10.3 Å². The Morgan fingerprint density at radius 2 is 2.28 bits per heavy atom. The van der Waals surface area contributed by atoms with E-state index in [0.29, 0.717) is 23.2 Å². The molecule has 1 rings (SSSR count). The average molecular weight is 272 g/mol. The SMILES string of the molecule is CNc1nc(N)c(C(=O)N(C)CCOC(C)C)s1. The predicted molar refractivity (Wildman–Crippen MR) is 74.1 cm³/mol. The molecule has 1 amide bonds. The molecule has 0 radical (unpaired) electrons. The molecule has 0 bridgehead atoms. The molecule has 1 aromatic rings. The summed E-state index contributed by atoms with van der Waals surface area (Å²) in [6.07, 6.45) is 0.165. The highest BCUT2D eigenvalue weighted by Crippen LogP contribution is 2.25. The standard InChI is InChI=1S/C11H20N4O2S/c1-7(2)17-6-5-15(4)10(16)8-9(12)14-11(13-3)18-8/h7H,5-6,12H2,1-4H3,(H,13,14). The van der Waals surface area contributed by atoms with E-state index in [1.807, 2.05) is 13.8 Å². The molecule has 0 saturated heterocycles. The molecular formula is C11H20N4O2S. The molecule has 6 nitrogen and oxygen atoms in total. The highest BCUT2D eigenvalue weighted by atomic mass is 32.1. The maximum atomic E-state index is 12.1. The third-order valence-electron chi connectivity index (χ3n) is 2.29. The van der Waals surface area contributed by atoms with Crippen molar-refractivity contribution in [2.75, 3.05) is 38.3 Å². The minimum absolute atomic E-state index is 0.126. The van der Waals surface area contributed by atoms with Crippen molar-refractivity contribution in [3.63, 3.8) is 0 Å². The molecule has 18 heavy (non-hydrogen) atoms. The molecule has 3 N–H and O–H groups in total. The van der Waals surface area contributed by atoms with E-state index in [1.165, 1.54) is 11.3 Å². The van der Waals surface area contributed by atoms with Crippen molar-refractivity contribution in [1.29, 1.82) is 0 Å². The maximum Gasteiger partial charge on any atom is 0.267 e. The van der Waals surface area contributed by atoms with Crippen LogP contribution in [0.3, 0.4) is 0 Å². The second-order valence-electron chi connectivity index (χ2n) is 4.13. The smallest absolute Gasteiger partial charge is 0.267 e. The summed E-state index contributed by atoms with van der Waals surface area (Å²) in [4.78, 5) is 18.2. The molecule has 1 heterocycles. The minimum atomic E-state index is -0.126. The topological polar surface area (TPSA) is 80.5 Å². The Morgan fingerprint density at radius 1 is 1.61 bits per heavy atom. The van der Waals surface area contributed by atoms with Gasteiger partial charge in [-0.2, -0.15) is 0 Å². The van der Waals surface area contributed by atoms with Gasteiger partial charge in [0.2, 0.25) is 0 Å². The lowest BCUT2D eigenvalue weighted by atomic mass is 10.4. The van der Waals surface area contributed by atoms with Crippen LogP contribution in [0.15, 0.2) is 0 Å². The van der Waals surface area contributed by atoms with Gasteiger partial charge in [0, 0.05) is 20.6 Å². The van der Waals surface area contributed by atoms with Crippen LogP contribution in [0.5, 0.6) is 0 Å². The van der Waals surface area contributed by atoms with E-state index in [0.717, 1.165) is 0 Å². The molecule has 0 unspecified atom stereocenters. The van der Waals surface area contributed by atoms with E-state index in [-0.39, 0.29) is 17.8 Å². The monoisotopic (exact) mass is 272 g/mol. The first-order chi connectivity index (χ1) is 8.45. The van der Waals surface area contributed by atoms with Gasteiger partial charge in [-0.3, -0.25) is 4.79 Å². The zero-order chi connectivity index (χ0) is 13.7. The predicted octanol–water partition coefficient (Wildman–Crippen LogP) is 1.26. The number of nitrogen functional groups attached to an aromatic ring is 1. The number of rotatable bonds is 6. The number of likely N-dealkylation sites (N-methyl/N-ethyl adjacent to an activating group) is 1. The van der Waals surface area contributed by atoms with Crippen LogP contribution >= 0.6 is 11.3 Å². The average Bonchev–Trinajstić information content (AvgIpc) is 2.69. The molecule has 0 fully saturated rings. The zero-order valence-electron chi connectivity index (χ0n) is 11.2. The second-order valence-corrected chi connectivity index (χ2v) is 5.13. The second kappa shape index (κ2) is 6.55. The third-order valence-corrected chi connectivity index (χ3v) is 3.36. The summed E-state index contributed by atoms with van der Waals surface area (Å²) >= 11 is 1.26. The van der Waals surface area contributed by atoms with E-state index in [9.17, 15) is 4.79 Å². The van der Waals surface area contributed by atoms with Gasteiger partial charge in [-0.25, -0.2) is 4.98 Å². The summed E-state index contributed by atoms with van der Waals surface area (Å²) in [6.45, 7) is 4.96. The maximum absolute atomic E-state index is 12.1. The summed E-state index contributed by atoms with van der Waals surface area (Å²) in [5.74, 6) is 0.143. The number of hydrogen-bond donors (Lipinski definition) is 2. The van der Waals surface area contributed by atoms with E-state index in [1.54, 1.807) is 19.0 Å². The number of amides is 1.